The van der Waals surface area contributed by atoms with Crippen molar-refractivity contribution < 1.29 is 10.2 Å². The van der Waals surface area contributed by atoms with E-state index in [1.807, 2.05) is 6.92 Å². The fraction of sp³-hybridized carbons (Fsp3) is 0.286. The van der Waals surface area contributed by atoms with Crippen LogP contribution in [-0.4, -0.2) is 10.2 Å². The van der Waals surface area contributed by atoms with Crippen LogP contribution in [0.15, 0.2) is 29.0 Å². The maximum Gasteiger partial charge on any atom is 0.119 e. The zero-order valence-corrected chi connectivity index (χ0v) is 11.3. The Kier molecular flexibility index (Phi) is 3.89. The van der Waals surface area contributed by atoms with Crippen molar-refractivity contribution in [3.8, 4) is 11.5 Å². The van der Waals surface area contributed by atoms with Crippen LogP contribution in [0.4, 0.5) is 0 Å². The van der Waals surface area contributed by atoms with Crippen LogP contribution in [0.2, 0.25) is 0 Å². The molecule has 0 saturated carbocycles. The predicted octanol–water partition coefficient (Wildman–Crippen LogP) is 3.32. The molecule has 0 fully saturated rings. The molecule has 1 heterocycles. The summed E-state index contributed by atoms with van der Waals surface area (Å²) in [6, 6.07) is 4.73. The largest absolute Gasteiger partial charge is 0.508 e. The molecular formula is C14H17NO2S. The lowest BCUT2D eigenvalue weighted by atomic mass is 10.1. The second-order valence-corrected chi connectivity index (χ2v) is 5.21. The summed E-state index contributed by atoms with van der Waals surface area (Å²) in [6.45, 7) is 4.89. The Hall–Kier alpha value is -1.52. The van der Waals surface area contributed by atoms with Gasteiger partial charge < -0.3 is 15.5 Å². The van der Waals surface area contributed by atoms with Gasteiger partial charge in [-0.15, -0.1) is 0 Å². The molecule has 0 aliphatic rings. The van der Waals surface area contributed by atoms with Crippen LogP contribution in [0.1, 0.15) is 29.7 Å². The van der Waals surface area contributed by atoms with Gasteiger partial charge in [-0.3, -0.25) is 0 Å². The van der Waals surface area contributed by atoms with E-state index in [0.717, 1.165) is 12.1 Å². The molecule has 2 rings (SSSR count). The number of rotatable bonds is 4. The van der Waals surface area contributed by atoms with Gasteiger partial charge in [0.1, 0.15) is 11.5 Å². The van der Waals surface area contributed by atoms with E-state index >= 15 is 0 Å². The molecule has 96 valence electrons. The molecule has 1 atom stereocenters. The first-order valence-electron chi connectivity index (χ1n) is 5.84. The van der Waals surface area contributed by atoms with Gasteiger partial charge in [-0.25, -0.2) is 0 Å². The minimum absolute atomic E-state index is 0.0716. The average molecular weight is 263 g/mol. The van der Waals surface area contributed by atoms with Crippen molar-refractivity contribution in [2.45, 2.75) is 26.4 Å². The minimum atomic E-state index is 0.0716. The van der Waals surface area contributed by atoms with Gasteiger partial charge in [-0.1, -0.05) is 0 Å². The third-order valence-corrected chi connectivity index (χ3v) is 3.90. The van der Waals surface area contributed by atoms with E-state index < -0.39 is 0 Å². The number of thiophene rings is 1. The molecule has 1 aromatic heterocycles. The highest BCUT2D eigenvalue weighted by molar-refractivity contribution is 7.08. The maximum atomic E-state index is 9.45. The van der Waals surface area contributed by atoms with Crippen molar-refractivity contribution in [1.29, 1.82) is 0 Å². The summed E-state index contributed by atoms with van der Waals surface area (Å²) in [5.41, 5.74) is 3.45. The fourth-order valence-corrected chi connectivity index (χ4v) is 2.67. The van der Waals surface area contributed by atoms with Gasteiger partial charge in [-0.2, -0.15) is 11.3 Å². The number of aromatic hydroxyl groups is 2. The summed E-state index contributed by atoms with van der Waals surface area (Å²) in [7, 11) is 0. The minimum Gasteiger partial charge on any atom is -0.508 e. The Balaban J connectivity index is 2.03. The number of nitrogens with one attached hydrogen (secondary N) is 1. The normalized spacial score (nSPS) is 12.6. The lowest BCUT2D eigenvalue weighted by Gasteiger charge is -2.15. The molecule has 4 heteroatoms. The summed E-state index contributed by atoms with van der Waals surface area (Å²) >= 11 is 1.70. The molecule has 3 nitrogen and oxygen atoms in total. The molecular weight excluding hydrogens is 246 g/mol. The molecule has 0 spiro atoms. The monoisotopic (exact) mass is 263 g/mol. The number of hydrogen-bond acceptors (Lipinski definition) is 4. The summed E-state index contributed by atoms with van der Waals surface area (Å²) in [5.74, 6) is 0.177. The van der Waals surface area contributed by atoms with Crippen LogP contribution in [0.5, 0.6) is 11.5 Å². The Morgan fingerprint density at radius 3 is 2.39 bits per heavy atom. The number of phenolic OH excluding ortho intramolecular Hbond substituents is 2. The molecule has 2 aromatic rings. The number of phenols is 2. The first kappa shape index (κ1) is 12.9. The van der Waals surface area contributed by atoms with Crippen LogP contribution >= 0.6 is 11.3 Å². The fourth-order valence-electron chi connectivity index (χ4n) is 1.82. The molecule has 0 amide bonds. The van der Waals surface area contributed by atoms with E-state index in [1.54, 1.807) is 23.5 Å². The van der Waals surface area contributed by atoms with Gasteiger partial charge >= 0.3 is 0 Å². The van der Waals surface area contributed by atoms with Crippen molar-refractivity contribution in [2.24, 2.45) is 0 Å². The van der Waals surface area contributed by atoms with Crippen LogP contribution in [0, 0.1) is 6.92 Å². The Bertz CT molecular complexity index is 516. The Labute approximate surface area is 111 Å². The second kappa shape index (κ2) is 5.42. The molecule has 18 heavy (non-hydrogen) atoms. The van der Waals surface area contributed by atoms with Crippen molar-refractivity contribution in [3.63, 3.8) is 0 Å². The van der Waals surface area contributed by atoms with Crippen molar-refractivity contribution in [3.05, 3.63) is 45.6 Å². The Morgan fingerprint density at radius 2 is 1.83 bits per heavy atom. The molecule has 0 aliphatic heterocycles. The van der Waals surface area contributed by atoms with E-state index in [0.29, 0.717) is 0 Å². The van der Waals surface area contributed by atoms with Crippen LogP contribution < -0.4 is 5.32 Å². The van der Waals surface area contributed by atoms with Crippen LogP contribution in [0.3, 0.4) is 0 Å². The topological polar surface area (TPSA) is 52.5 Å². The van der Waals surface area contributed by atoms with Crippen molar-refractivity contribution in [2.75, 3.05) is 0 Å². The summed E-state index contributed by atoms with van der Waals surface area (Å²) in [4.78, 5) is 0. The lowest BCUT2D eigenvalue weighted by molar-refractivity contribution is 0.446. The van der Waals surface area contributed by atoms with E-state index in [4.69, 9.17) is 0 Å². The number of benzene rings is 1. The van der Waals surface area contributed by atoms with Gasteiger partial charge in [0.25, 0.3) is 0 Å². The van der Waals surface area contributed by atoms with E-state index in [2.05, 4.69) is 23.0 Å². The zero-order valence-electron chi connectivity index (χ0n) is 10.5. The third-order valence-electron chi connectivity index (χ3n) is 2.99. The molecule has 0 saturated heterocycles. The predicted molar refractivity (Wildman–Crippen MR) is 74.1 cm³/mol. The first-order valence-corrected chi connectivity index (χ1v) is 6.78. The van der Waals surface area contributed by atoms with Gasteiger partial charge in [-0.05, 0) is 53.4 Å². The molecule has 0 aliphatic carbocycles. The number of hydrogen-bond donors (Lipinski definition) is 3. The van der Waals surface area contributed by atoms with Gasteiger partial charge in [0.2, 0.25) is 0 Å². The highest BCUT2D eigenvalue weighted by Crippen LogP contribution is 2.25. The molecule has 1 aromatic carbocycles. The van der Waals surface area contributed by atoms with Crippen molar-refractivity contribution in [1.82, 2.24) is 5.32 Å². The SMILES string of the molecule is Cc1cscc1CNC(C)c1cc(O)cc(O)c1. The van der Waals surface area contributed by atoms with Gasteiger partial charge in [0.15, 0.2) is 0 Å². The van der Waals surface area contributed by atoms with Crippen LogP contribution in [0.25, 0.3) is 0 Å². The molecule has 3 N–H and O–H groups in total. The highest BCUT2D eigenvalue weighted by Gasteiger charge is 2.08. The smallest absolute Gasteiger partial charge is 0.119 e. The van der Waals surface area contributed by atoms with Crippen LogP contribution in [-0.2, 0) is 6.54 Å². The van der Waals surface area contributed by atoms with Gasteiger partial charge in [0, 0.05) is 18.7 Å². The Morgan fingerprint density at radius 1 is 1.17 bits per heavy atom. The van der Waals surface area contributed by atoms with Gasteiger partial charge in [0.05, 0.1) is 0 Å². The summed E-state index contributed by atoms with van der Waals surface area (Å²) in [5, 5.41) is 26.5. The molecule has 0 radical (unpaired) electrons. The standard InChI is InChI=1S/C14H17NO2S/c1-9-7-18-8-12(9)6-15-10(2)11-3-13(16)5-14(17)4-11/h3-5,7-8,10,15-17H,6H2,1-2H3. The lowest BCUT2D eigenvalue weighted by Crippen LogP contribution is -2.18. The van der Waals surface area contributed by atoms with E-state index in [1.165, 1.54) is 17.2 Å². The first-order chi connectivity index (χ1) is 8.56. The summed E-state index contributed by atoms with van der Waals surface area (Å²) in [6.07, 6.45) is 0. The highest BCUT2D eigenvalue weighted by atomic mass is 32.1. The van der Waals surface area contributed by atoms with E-state index in [9.17, 15) is 10.2 Å². The van der Waals surface area contributed by atoms with E-state index in [-0.39, 0.29) is 17.5 Å². The second-order valence-electron chi connectivity index (χ2n) is 4.47. The zero-order chi connectivity index (χ0) is 13.1. The van der Waals surface area contributed by atoms with Crippen molar-refractivity contribution >= 4 is 11.3 Å². The average Bonchev–Trinajstić information content (AvgIpc) is 2.70. The third kappa shape index (κ3) is 3.03. The molecule has 1 unspecified atom stereocenters. The quantitative estimate of drug-likeness (QED) is 0.793. The number of aryl methyl sites for hydroxylation is 1. The maximum absolute atomic E-state index is 9.45. The summed E-state index contributed by atoms with van der Waals surface area (Å²) < 4.78 is 0. The molecule has 0 bridgehead atoms.